The van der Waals surface area contributed by atoms with Crippen LogP contribution < -0.4 is 9.47 Å². The first-order valence-electron chi connectivity index (χ1n) is 9.91. The third kappa shape index (κ3) is 3.59. The van der Waals surface area contributed by atoms with Gasteiger partial charge in [-0.3, -0.25) is 9.59 Å². The highest BCUT2D eigenvalue weighted by molar-refractivity contribution is 7.13. The molecule has 0 radical (unpaired) electrons. The number of rotatable bonds is 4. The molecular weight excluding hydrogens is 404 g/mol. The van der Waals surface area contributed by atoms with Crippen LogP contribution in [-0.2, 0) is 0 Å². The molecule has 1 fully saturated rings. The fraction of sp³-hybridized carbons (Fsp3) is 0.318. The highest BCUT2D eigenvalue weighted by atomic mass is 32.1. The molecule has 0 saturated carbocycles. The number of thiazole rings is 1. The second-order valence-corrected chi connectivity index (χ2v) is 8.16. The molecule has 0 aliphatic carbocycles. The van der Waals surface area contributed by atoms with Crippen molar-refractivity contribution in [3.05, 3.63) is 53.2 Å². The second kappa shape index (κ2) is 7.95. The van der Waals surface area contributed by atoms with Gasteiger partial charge in [-0.25, -0.2) is 4.98 Å². The van der Waals surface area contributed by atoms with Gasteiger partial charge in [-0.05, 0) is 43.2 Å². The first-order valence-corrected chi connectivity index (χ1v) is 10.8. The van der Waals surface area contributed by atoms with E-state index in [9.17, 15) is 9.59 Å². The number of nitrogens with zero attached hydrogens (tertiary/aromatic N) is 2. The molecule has 0 spiro atoms. The van der Waals surface area contributed by atoms with E-state index in [-0.39, 0.29) is 17.6 Å². The number of fused-ring (bicyclic) bond motifs is 1. The van der Waals surface area contributed by atoms with Crippen LogP contribution >= 0.6 is 11.3 Å². The number of amides is 1. The Bertz CT molecular complexity index is 1070. The van der Waals surface area contributed by atoms with Crippen molar-refractivity contribution >= 4 is 23.0 Å². The van der Waals surface area contributed by atoms with E-state index in [1.54, 1.807) is 40.8 Å². The number of benzene rings is 1. The van der Waals surface area contributed by atoms with Gasteiger partial charge in [0.25, 0.3) is 5.91 Å². The van der Waals surface area contributed by atoms with E-state index in [0.29, 0.717) is 72.7 Å². The lowest BCUT2D eigenvalue weighted by Crippen LogP contribution is -2.40. The maximum atomic E-state index is 12.9. The van der Waals surface area contributed by atoms with Crippen LogP contribution in [0.15, 0.2) is 46.4 Å². The fourth-order valence-corrected chi connectivity index (χ4v) is 4.58. The minimum atomic E-state index is -0.106. The van der Waals surface area contributed by atoms with E-state index in [1.807, 2.05) is 6.07 Å². The number of hydrogen-bond acceptors (Lipinski definition) is 7. The largest absolute Gasteiger partial charge is 0.486 e. The Morgan fingerprint density at radius 2 is 1.87 bits per heavy atom. The minimum absolute atomic E-state index is 0.0906. The Kier molecular flexibility index (Phi) is 5.00. The zero-order valence-electron chi connectivity index (χ0n) is 16.2. The van der Waals surface area contributed by atoms with Crippen molar-refractivity contribution in [1.29, 1.82) is 0 Å². The molecule has 0 unspecified atom stereocenters. The van der Waals surface area contributed by atoms with Gasteiger partial charge in [0.05, 0.1) is 6.26 Å². The van der Waals surface area contributed by atoms with Crippen molar-refractivity contribution in [3.8, 4) is 22.3 Å². The van der Waals surface area contributed by atoms with Gasteiger partial charge in [-0.1, -0.05) is 0 Å². The molecule has 1 aromatic carbocycles. The second-order valence-electron chi connectivity index (χ2n) is 7.30. The lowest BCUT2D eigenvalue weighted by atomic mass is 9.88. The number of Topliss-reactive ketones (excluding diaryl/α,β-unsaturated/α-hetero) is 1. The van der Waals surface area contributed by atoms with Crippen molar-refractivity contribution in [2.24, 2.45) is 5.92 Å². The molecule has 30 heavy (non-hydrogen) atoms. The average Bonchev–Trinajstić information content (AvgIpc) is 3.50. The summed E-state index contributed by atoms with van der Waals surface area (Å²) in [6.45, 7) is 2.08. The molecule has 7 nitrogen and oxygen atoms in total. The van der Waals surface area contributed by atoms with Crippen molar-refractivity contribution in [2.75, 3.05) is 26.3 Å². The molecule has 0 atom stereocenters. The van der Waals surface area contributed by atoms with Gasteiger partial charge >= 0.3 is 0 Å². The van der Waals surface area contributed by atoms with Crippen LogP contribution in [0.2, 0.25) is 0 Å². The number of furan rings is 1. The van der Waals surface area contributed by atoms with Crippen LogP contribution in [0.1, 0.15) is 33.7 Å². The van der Waals surface area contributed by atoms with E-state index in [2.05, 4.69) is 4.98 Å². The summed E-state index contributed by atoms with van der Waals surface area (Å²) in [5.74, 6) is 1.83. The summed E-state index contributed by atoms with van der Waals surface area (Å²) in [5.41, 5.74) is 1.05. The van der Waals surface area contributed by atoms with Crippen LogP contribution in [-0.4, -0.2) is 47.9 Å². The van der Waals surface area contributed by atoms with E-state index in [1.165, 1.54) is 11.3 Å². The monoisotopic (exact) mass is 424 g/mol. The van der Waals surface area contributed by atoms with Crippen molar-refractivity contribution < 1.29 is 23.5 Å². The zero-order chi connectivity index (χ0) is 20.5. The zero-order valence-corrected chi connectivity index (χ0v) is 17.0. The van der Waals surface area contributed by atoms with Gasteiger partial charge in [0, 0.05) is 30.0 Å². The number of carbonyl (C=O) groups excluding carboxylic acids is 2. The fourth-order valence-electron chi connectivity index (χ4n) is 3.82. The molecule has 154 valence electrons. The summed E-state index contributed by atoms with van der Waals surface area (Å²) >= 11 is 1.38. The molecular formula is C22H20N2O5S. The molecule has 2 aromatic heterocycles. The Morgan fingerprint density at radius 1 is 1.07 bits per heavy atom. The molecule has 0 bridgehead atoms. The highest BCUT2D eigenvalue weighted by Gasteiger charge is 2.30. The van der Waals surface area contributed by atoms with Crippen LogP contribution in [0.25, 0.3) is 10.8 Å². The quantitative estimate of drug-likeness (QED) is 0.591. The highest BCUT2D eigenvalue weighted by Crippen LogP contribution is 2.33. The number of aromatic nitrogens is 1. The number of ether oxygens (including phenoxy) is 2. The molecule has 2 aliphatic heterocycles. The van der Waals surface area contributed by atoms with Crippen LogP contribution in [0.5, 0.6) is 11.5 Å². The standard InChI is InChI=1S/C22H20N2O5S/c25-20(15-3-4-17-19(12-15)29-11-10-28-17)14-5-7-24(8-6-14)22(26)16-13-30-21(23-16)18-2-1-9-27-18/h1-4,9,12-14H,5-8,10-11H2. The summed E-state index contributed by atoms with van der Waals surface area (Å²) in [6, 6.07) is 8.96. The van der Waals surface area contributed by atoms with Gasteiger partial charge in [-0.2, -0.15) is 0 Å². The molecule has 5 rings (SSSR count). The summed E-state index contributed by atoms with van der Waals surface area (Å²) in [5, 5.41) is 2.44. The van der Waals surface area contributed by atoms with E-state index in [4.69, 9.17) is 13.9 Å². The van der Waals surface area contributed by atoms with E-state index >= 15 is 0 Å². The number of hydrogen-bond donors (Lipinski definition) is 0. The average molecular weight is 424 g/mol. The van der Waals surface area contributed by atoms with Crippen LogP contribution in [0.4, 0.5) is 0 Å². The van der Waals surface area contributed by atoms with Gasteiger partial charge in [0.15, 0.2) is 28.1 Å². The number of ketones is 1. The number of carbonyl (C=O) groups is 2. The van der Waals surface area contributed by atoms with Crippen molar-refractivity contribution in [3.63, 3.8) is 0 Å². The Balaban J connectivity index is 1.22. The number of piperidine rings is 1. The van der Waals surface area contributed by atoms with Gasteiger partial charge in [0.1, 0.15) is 18.9 Å². The lowest BCUT2D eigenvalue weighted by molar-refractivity contribution is 0.0646. The van der Waals surface area contributed by atoms with Crippen molar-refractivity contribution in [2.45, 2.75) is 12.8 Å². The first kappa shape index (κ1) is 18.9. The summed E-state index contributed by atoms with van der Waals surface area (Å²) < 4.78 is 16.4. The molecule has 2 aliphatic rings. The lowest BCUT2D eigenvalue weighted by Gasteiger charge is -2.31. The molecule has 4 heterocycles. The third-order valence-electron chi connectivity index (χ3n) is 5.43. The predicted molar refractivity (Wildman–Crippen MR) is 110 cm³/mol. The number of likely N-dealkylation sites (tertiary alicyclic amines) is 1. The topological polar surface area (TPSA) is 81.9 Å². The smallest absolute Gasteiger partial charge is 0.273 e. The van der Waals surface area contributed by atoms with Gasteiger partial charge < -0.3 is 18.8 Å². The van der Waals surface area contributed by atoms with Gasteiger partial charge in [-0.15, -0.1) is 11.3 Å². The Morgan fingerprint density at radius 3 is 2.63 bits per heavy atom. The summed E-state index contributed by atoms with van der Waals surface area (Å²) in [7, 11) is 0. The third-order valence-corrected chi connectivity index (χ3v) is 6.29. The van der Waals surface area contributed by atoms with Crippen molar-refractivity contribution in [1.82, 2.24) is 9.88 Å². The van der Waals surface area contributed by atoms with E-state index in [0.717, 1.165) is 0 Å². The summed E-state index contributed by atoms with van der Waals surface area (Å²) in [4.78, 5) is 31.9. The van der Waals surface area contributed by atoms with Crippen LogP contribution in [0.3, 0.4) is 0 Å². The Hall–Kier alpha value is -3.13. The first-order chi connectivity index (χ1) is 14.7. The Labute approximate surface area is 177 Å². The molecule has 1 amide bonds. The van der Waals surface area contributed by atoms with E-state index < -0.39 is 0 Å². The molecule has 1 saturated heterocycles. The molecule has 0 N–H and O–H groups in total. The predicted octanol–water partition coefficient (Wildman–Crippen LogP) is 3.91. The normalized spacial score (nSPS) is 16.5. The van der Waals surface area contributed by atoms with Gasteiger partial charge in [0.2, 0.25) is 0 Å². The van der Waals surface area contributed by atoms with Crippen LogP contribution in [0, 0.1) is 5.92 Å². The molecule has 3 aromatic rings. The maximum absolute atomic E-state index is 12.9. The SMILES string of the molecule is O=C(c1ccc2c(c1)OCCO2)C1CCN(C(=O)c2csc(-c3ccco3)n2)CC1. The summed E-state index contributed by atoms with van der Waals surface area (Å²) in [6.07, 6.45) is 2.85. The minimum Gasteiger partial charge on any atom is -0.486 e. The maximum Gasteiger partial charge on any atom is 0.273 e. The molecule has 8 heteroatoms.